The molecule has 0 unspecified atom stereocenters. The van der Waals surface area contributed by atoms with Crippen LogP contribution < -0.4 is 5.32 Å². The van der Waals surface area contributed by atoms with E-state index in [4.69, 9.17) is 0 Å². The molecule has 0 fully saturated rings. The first-order valence-corrected chi connectivity index (χ1v) is 4.85. The summed E-state index contributed by atoms with van der Waals surface area (Å²) < 4.78 is -0.204. The second-order valence-corrected chi connectivity index (χ2v) is 4.92. The Morgan fingerprint density at radius 3 is 2.79 bits per heavy atom. The third-order valence-electron chi connectivity index (χ3n) is 1.58. The second kappa shape index (κ2) is 4.46. The van der Waals surface area contributed by atoms with Gasteiger partial charge in [-0.2, -0.15) is 12.6 Å². The molecular weight excluding hydrogens is 196 g/mol. The predicted molar refractivity (Wildman–Crippen MR) is 59.6 cm³/mol. The lowest BCUT2D eigenvalue weighted by Crippen LogP contribution is -2.35. The minimum absolute atomic E-state index is 0.160. The fourth-order valence-corrected chi connectivity index (χ4v) is 0.963. The molecule has 0 bridgehead atoms. The van der Waals surface area contributed by atoms with Crippen LogP contribution in [-0.2, 0) is 0 Å². The van der Waals surface area contributed by atoms with Gasteiger partial charge in [0, 0.05) is 17.5 Å². The van der Waals surface area contributed by atoms with Gasteiger partial charge in [-0.1, -0.05) is 6.07 Å². The van der Waals surface area contributed by atoms with Crippen molar-refractivity contribution in [1.82, 2.24) is 10.3 Å². The number of thiol groups is 1. The quantitative estimate of drug-likeness (QED) is 0.743. The van der Waals surface area contributed by atoms with Crippen molar-refractivity contribution in [3.8, 4) is 0 Å². The van der Waals surface area contributed by atoms with Crippen molar-refractivity contribution in [3.05, 3.63) is 30.1 Å². The maximum Gasteiger partial charge on any atom is 0.269 e. The molecule has 0 saturated carbocycles. The number of amides is 1. The SMILES string of the molecule is CC(C)(S)CNC(=O)c1ccccn1. The van der Waals surface area contributed by atoms with E-state index in [1.807, 2.05) is 13.8 Å². The van der Waals surface area contributed by atoms with E-state index in [0.717, 1.165) is 0 Å². The number of hydrogen-bond donors (Lipinski definition) is 2. The van der Waals surface area contributed by atoms with E-state index >= 15 is 0 Å². The average molecular weight is 210 g/mol. The lowest BCUT2D eigenvalue weighted by molar-refractivity contribution is 0.0946. The van der Waals surface area contributed by atoms with Crippen LogP contribution >= 0.6 is 12.6 Å². The minimum atomic E-state index is -0.204. The van der Waals surface area contributed by atoms with Crippen molar-refractivity contribution in [2.45, 2.75) is 18.6 Å². The van der Waals surface area contributed by atoms with Crippen LogP contribution in [0.5, 0.6) is 0 Å². The zero-order valence-corrected chi connectivity index (χ0v) is 9.21. The molecule has 0 saturated heterocycles. The summed E-state index contributed by atoms with van der Waals surface area (Å²) in [6.45, 7) is 4.40. The molecule has 0 spiro atoms. The molecule has 1 rings (SSSR count). The first-order valence-electron chi connectivity index (χ1n) is 4.41. The third kappa shape index (κ3) is 3.79. The van der Waals surface area contributed by atoms with E-state index in [0.29, 0.717) is 12.2 Å². The van der Waals surface area contributed by atoms with Gasteiger partial charge in [0.25, 0.3) is 5.91 Å². The third-order valence-corrected chi connectivity index (χ3v) is 1.74. The maximum absolute atomic E-state index is 11.5. The molecule has 0 atom stereocenters. The molecule has 1 aromatic rings. The van der Waals surface area contributed by atoms with E-state index < -0.39 is 0 Å². The fourth-order valence-electron chi connectivity index (χ4n) is 0.884. The fraction of sp³-hybridized carbons (Fsp3) is 0.400. The van der Waals surface area contributed by atoms with Crippen LogP contribution in [0.15, 0.2) is 24.4 Å². The Morgan fingerprint density at radius 2 is 2.29 bits per heavy atom. The summed E-state index contributed by atoms with van der Waals surface area (Å²) >= 11 is 4.31. The molecule has 0 radical (unpaired) electrons. The standard InChI is InChI=1S/C10H14N2OS/c1-10(2,14)7-12-9(13)8-5-3-4-6-11-8/h3-6,14H,7H2,1-2H3,(H,12,13). The number of aromatic nitrogens is 1. The predicted octanol–water partition coefficient (Wildman–Crippen LogP) is 1.52. The number of carbonyl (C=O) groups is 1. The van der Waals surface area contributed by atoms with Gasteiger partial charge < -0.3 is 5.32 Å². The van der Waals surface area contributed by atoms with E-state index in [2.05, 4.69) is 22.9 Å². The van der Waals surface area contributed by atoms with E-state index in [9.17, 15) is 4.79 Å². The summed E-state index contributed by atoms with van der Waals surface area (Å²) in [5.74, 6) is -0.160. The average Bonchev–Trinajstić information content (AvgIpc) is 2.14. The zero-order valence-electron chi connectivity index (χ0n) is 8.32. The van der Waals surface area contributed by atoms with Gasteiger partial charge >= 0.3 is 0 Å². The lowest BCUT2D eigenvalue weighted by Gasteiger charge is -2.17. The number of hydrogen-bond acceptors (Lipinski definition) is 3. The van der Waals surface area contributed by atoms with Crippen molar-refractivity contribution in [1.29, 1.82) is 0 Å². The van der Waals surface area contributed by atoms with Crippen LogP contribution in [0.3, 0.4) is 0 Å². The van der Waals surface area contributed by atoms with E-state index in [-0.39, 0.29) is 10.7 Å². The Morgan fingerprint density at radius 1 is 1.57 bits per heavy atom. The molecule has 0 aromatic carbocycles. The van der Waals surface area contributed by atoms with Crippen molar-refractivity contribution in [3.63, 3.8) is 0 Å². The normalized spacial score (nSPS) is 11.1. The van der Waals surface area contributed by atoms with Gasteiger partial charge in [0.1, 0.15) is 5.69 Å². The van der Waals surface area contributed by atoms with Gasteiger partial charge in [-0.15, -0.1) is 0 Å². The Kier molecular flexibility index (Phi) is 3.52. The highest BCUT2D eigenvalue weighted by Gasteiger charge is 2.13. The molecule has 1 N–H and O–H groups in total. The molecule has 4 heteroatoms. The number of nitrogens with zero attached hydrogens (tertiary/aromatic N) is 1. The molecule has 1 amide bonds. The zero-order chi connectivity index (χ0) is 10.6. The lowest BCUT2D eigenvalue weighted by atomic mass is 10.2. The van der Waals surface area contributed by atoms with Crippen LogP contribution in [0.25, 0.3) is 0 Å². The highest BCUT2D eigenvalue weighted by Crippen LogP contribution is 2.09. The number of carbonyl (C=O) groups excluding carboxylic acids is 1. The second-order valence-electron chi connectivity index (χ2n) is 3.71. The van der Waals surface area contributed by atoms with Crippen molar-refractivity contribution >= 4 is 18.5 Å². The van der Waals surface area contributed by atoms with Gasteiger partial charge in [-0.05, 0) is 26.0 Å². The molecule has 0 aliphatic carbocycles. The molecule has 0 aliphatic heterocycles. The summed E-state index contributed by atoms with van der Waals surface area (Å²) in [5.41, 5.74) is 0.435. The van der Waals surface area contributed by atoms with Gasteiger partial charge in [-0.25, -0.2) is 0 Å². The first kappa shape index (κ1) is 11.0. The van der Waals surface area contributed by atoms with Gasteiger partial charge in [0.2, 0.25) is 0 Å². The molecule has 14 heavy (non-hydrogen) atoms. The summed E-state index contributed by atoms with van der Waals surface area (Å²) in [4.78, 5) is 15.4. The Bertz CT molecular complexity index is 306. The number of nitrogens with one attached hydrogen (secondary N) is 1. The van der Waals surface area contributed by atoms with Gasteiger partial charge in [0.15, 0.2) is 0 Å². The van der Waals surface area contributed by atoms with Crippen molar-refractivity contribution in [2.24, 2.45) is 0 Å². The van der Waals surface area contributed by atoms with Crippen molar-refractivity contribution in [2.75, 3.05) is 6.54 Å². The smallest absolute Gasteiger partial charge is 0.269 e. The molecule has 76 valence electrons. The monoisotopic (exact) mass is 210 g/mol. The molecular formula is C10H14N2OS. The highest BCUT2D eigenvalue weighted by atomic mass is 32.1. The van der Waals surface area contributed by atoms with E-state index in [1.165, 1.54) is 0 Å². The topological polar surface area (TPSA) is 42.0 Å². The van der Waals surface area contributed by atoms with E-state index in [1.54, 1.807) is 24.4 Å². The Balaban J connectivity index is 2.52. The first-order chi connectivity index (χ1) is 6.49. The molecule has 1 aromatic heterocycles. The van der Waals surface area contributed by atoms with Crippen LogP contribution in [-0.4, -0.2) is 22.2 Å². The maximum atomic E-state index is 11.5. The number of rotatable bonds is 3. The minimum Gasteiger partial charge on any atom is -0.349 e. The molecule has 3 nitrogen and oxygen atoms in total. The van der Waals surface area contributed by atoms with Gasteiger partial charge in [-0.3, -0.25) is 9.78 Å². The summed E-state index contributed by atoms with van der Waals surface area (Å²) in [6, 6.07) is 5.24. The van der Waals surface area contributed by atoms with Crippen LogP contribution in [0, 0.1) is 0 Å². The summed E-state index contributed by atoms with van der Waals surface area (Å²) in [6.07, 6.45) is 1.60. The largest absolute Gasteiger partial charge is 0.349 e. The van der Waals surface area contributed by atoms with Crippen LogP contribution in [0.1, 0.15) is 24.3 Å². The van der Waals surface area contributed by atoms with Crippen LogP contribution in [0.4, 0.5) is 0 Å². The summed E-state index contributed by atoms with van der Waals surface area (Å²) in [5, 5.41) is 2.76. The van der Waals surface area contributed by atoms with Crippen molar-refractivity contribution < 1.29 is 4.79 Å². The Hall–Kier alpha value is -1.03. The number of pyridine rings is 1. The van der Waals surface area contributed by atoms with Crippen LogP contribution in [0.2, 0.25) is 0 Å². The van der Waals surface area contributed by atoms with Gasteiger partial charge in [0.05, 0.1) is 0 Å². The molecule has 1 heterocycles. The summed E-state index contributed by atoms with van der Waals surface area (Å²) in [7, 11) is 0. The molecule has 0 aliphatic rings. The Labute approximate surface area is 89.3 Å². The highest BCUT2D eigenvalue weighted by molar-refractivity contribution is 7.81.